The Morgan fingerprint density at radius 3 is 0.705 bits per heavy atom. The van der Waals surface area contributed by atoms with Gasteiger partial charge in [-0.15, -0.1) is 279 Å². The van der Waals surface area contributed by atoms with E-state index in [0.717, 1.165) is 90.1 Å². The standard InChI is InChI=1S/2C20H18N.2C19H16N.C13H12N.3C12H10N.4Ir/c1-14-7-8-20(21-13-14)18-6-4-5-17(12-18)19-10-15(2)9-16(3)11-19;1-14-7-8-21-20(12-14)18-6-4-5-17(13-18)19-10-15(2)9-16(3)11-19;1-14-10-15(2)12-18(11-14)16-6-5-7-17(13-16)19-8-3-4-9-20-19;1-14-11-15(2)13-18(12-14)16-6-8-17(9-7-16)19-5-3-4-10-20-19;1-10-4-3-5-12(8-10)13-7-6-11(2)9-14-13;1-10-5-4-6-11(9-10)12-7-2-3-8-13-12;1-10-7-8-13-12(9-10)11-5-3-2-4-6-11;1-10-7-8-12(13-9-10)11-5-3-2-4-6-11;;;;/h2*4-5,7-13H,1-3H3;3-6,8-13H,1-2H3;3-8,10-13H,1-2H3;3-4,6-9H,1-2H3;3*2-5,7-9H,1H3;;;;/q8*-1;;;;. The van der Waals surface area contributed by atoms with Crippen LogP contribution in [-0.2, 0) is 80.4 Å². The van der Waals surface area contributed by atoms with Gasteiger partial charge in [-0.1, -0.05) is 238 Å². The molecule has 139 heavy (non-hydrogen) atoms. The van der Waals surface area contributed by atoms with Crippen molar-refractivity contribution in [2.24, 2.45) is 0 Å². The predicted molar refractivity (Wildman–Crippen MR) is 561 cm³/mol. The first kappa shape index (κ1) is 109. The summed E-state index contributed by atoms with van der Waals surface area (Å²) in [5, 5.41) is 0. The second kappa shape index (κ2) is 55.7. The van der Waals surface area contributed by atoms with E-state index in [1.165, 1.54) is 128 Å². The van der Waals surface area contributed by atoms with Gasteiger partial charge in [-0.25, -0.2) is 0 Å². The summed E-state index contributed by atoms with van der Waals surface area (Å²) in [5.74, 6) is 0. The van der Waals surface area contributed by atoms with E-state index in [0.29, 0.717) is 0 Å². The molecular weight excluding hydrogens is 2410 g/mol. The van der Waals surface area contributed by atoms with E-state index in [1.54, 1.807) is 12.4 Å². The van der Waals surface area contributed by atoms with Gasteiger partial charge in [-0.3, -0.25) is 0 Å². The maximum atomic E-state index is 4.49. The SMILES string of the molecule is Cc1cc(C)cc(-c2c[c-]c(-c3ccccn3)cc2)c1.Cc1cc(C)cc(-c2cc[c-]c(-c3cc(C)ccn3)c2)c1.Cc1cc(C)cc(-c2cc[c-]c(-c3ccccn3)c2)c1.Cc1cc[c-]c(-c2ccccn2)c1.Cc1ccc(-c2[c-]ccc(-c3cc(C)cc(C)c3)c2)nc1.Cc1ccc(-c2[c-]ccc(C)c2)nc1.Cc1ccc(-c2[c-]cccc2)nc1.Cc1ccnc(-c2[c-]cccc2)c1.[Ir].[Ir].[Ir].[Ir]. The number of benzene rings is 12. The van der Waals surface area contributed by atoms with Crippen LogP contribution in [-0.4, -0.2) is 39.9 Å². The molecule has 702 valence electrons. The van der Waals surface area contributed by atoms with Crippen LogP contribution in [0, 0.1) is 152 Å². The molecule has 8 heterocycles. The molecule has 0 amide bonds. The Kier molecular flexibility index (Phi) is 43.7. The molecule has 0 aliphatic heterocycles. The Labute approximate surface area is 878 Å². The fraction of sp³-hybridized carbons (Fsp3) is 0.118. The molecule has 0 saturated heterocycles. The van der Waals surface area contributed by atoms with E-state index in [-0.39, 0.29) is 80.4 Å². The van der Waals surface area contributed by atoms with Gasteiger partial charge in [0.1, 0.15) is 0 Å². The second-order valence-electron chi connectivity index (χ2n) is 33.8. The van der Waals surface area contributed by atoms with Crippen LogP contribution in [0.15, 0.2) is 395 Å². The van der Waals surface area contributed by atoms with E-state index in [1.807, 2.05) is 240 Å². The van der Waals surface area contributed by atoms with Crippen LogP contribution in [0.1, 0.15) is 83.5 Å². The molecule has 0 fully saturated rings. The quantitative estimate of drug-likeness (QED) is 0.111. The third kappa shape index (κ3) is 34.5. The third-order valence-corrected chi connectivity index (χ3v) is 21.5. The number of aromatic nitrogens is 8. The van der Waals surface area contributed by atoms with Gasteiger partial charge in [0.2, 0.25) is 0 Å². The molecule has 0 bridgehead atoms. The zero-order chi connectivity index (χ0) is 94.8. The summed E-state index contributed by atoms with van der Waals surface area (Å²) in [6, 6.07) is 143. The van der Waals surface area contributed by atoms with Crippen LogP contribution in [0.3, 0.4) is 0 Å². The third-order valence-electron chi connectivity index (χ3n) is 21.5. The molecule has 0 atom stereocenters. The Balaban J connectivity index is 0.000000178. The van der Waals surface area contributed by atoms with Crippen LogP contribution in [0.25, 0.3) is 135 Å². The van der Waals surface area contributed by atoms with Crippen molar-refractivity contribution in [2.45, 2.75) is 104 Å². The van der Waals surface area contributed by atoms with E-state index in [2.05, 4.69) is 335 Å². The normalized spacial score (nSPS) is 10.0. The van der Waals surface area contributed by atoms with E-state index in [4.69, 9.17) is 0 Å². The topological polar surface area (TPSA) is 103 Å². The molecular formula is C127H110Ir4N8-8. The maximum Gasteiger partial charge on any atom is 0.0190 e. The van der Waals surface area contributed by atoms with Crippen LogP contribution in [0.4, 0.5) is 0 Å². The van der Waals surface area contributed by atoms with Gasteiger partial charge in [-0.05, 0) is 199 Å². The Hall–Kier alpha value is -13.6. The summed E-state index contributed by atoms with van der Waals surface area (Å²) >= 11 is 0. The zero-order valence-corrected chi connectivity index (χ0v) is 90.5. The number of nitrogens with zero attached hydrogens (tertiary/aromatic N) is 8. The monoisotopic (exact) mass is 2520 g/mol. The fourth-order valence-electron chi connectivity index (χ4n) is 15.1. The number of aryl methyl sites for hydroxylation is 15. The summed E-state index contributed by atoms with van der Waals surface area (Å²) in [7, 11) is 0. The number of pyridine rings is 8. The summed E-state index contributed by atoms with van der Waals surface area (Å²) in [6.07, 6.45) is 14.7. The average Bonchev–Trinajstić information content (AvgIpc) is 0.827. The molecule has 0 spiro atoms. The first-order chi connectivity index (χ1) is 65.5. The van der Waals surface area contributed by atoms with Crippen molar-refractivity contribution >= 4 is 0 Å². The van der Waals surface area contributed by atoms with Crippen molar-refractivity contribution in [3.63, 3.8) is 0 Å². The maximum absolute atomic E-state index is 4.49. The second-order valence-corrected chi connectivity index (χ2v) is 33.8. The molecule has 20 rings (SSSR count). The molecule has 20 aromatic rings. The van der Waals surface area contributed by atoms with Gasteiger partial charge in [0.15, 0.2) is 0 Å². The Morgan fingerprint density at radius 2 is 0.410 bits per heavy atom. The minimum atomic E-state index is 0. The molecule has 0 aliphatic carbocycles. The van der Waals surface area contributed by atoms with Crippen LogP contribution >= 0.6 is 0 Å². The van der Waals surface area contributed by atoms with Gasteiger partial charge in [0.05, 0.1) is 0 Å². The van der Waals surface area contributed by atoms with E-state index < -0.39 is 0 Å². The summed E-state index contributed by atoms with van der Waals surface area (Å²) in [4.78, 5) is 34.9. The summed E-state index contributed by atoms with van der Waals surface area (Å²) < 4.78 is 0. The van der Waals surface area contributed by atoms with Crippen molar-refractivity contribution in [1.82, 2.24) is 39.9 Å². The average molecular weight is 2520 g/mol. The van der Waals surface area contributed by atoms with Crippen molar-refractivity contribution < 1.29 is 80.4 Å². The summed E-state index contributed by atoms with van der Waals surface area (Å²) in [5.41, 5.74) is 44.6. The van der Waals surface area contributed by atoms with Crippen LogP contribution in [0.5, 0.6) is 0 Å². The molecule has 8 nitrogen and oxygen atoms in total. The van der Waals surface area contributed by atoms with Gasteiger partial charge in [0, 0.05) is 130 Å². The number of rotatable bonds is 12. The van der Waals surface area contributed by atoms with E-state index >= 15 is 0 Å². The molecule has 12 aromatic carbocycles. The molecule has 8 aromatic heterocycles. The smallest absolute Gasteiger partial charge is 0.0190 e. The van der Waals surface area contributed by atoms with Gasteiger partial charge in [-0.2, -0.15) is 0 Å². The van der Waals surface area contributed by atoms with Crippen molar-refractivity contribution in [3.8, 4) is 135 Å². The Bertz CT molecular complexity index is 7010. The first-order valence-corrected chi connectivity index (χ1v) is 45.2. The number of hydrogen-bond acceptors (Lipinski definition) is 8. The summed E-state index contributed by atoms with van der Waals surface area (Å²) in [6.45, 7) is 31.5. The first-order valence-electron chi connectivity index (χ1n) is 45.2. The van der Waals surface area contributed by atoms with Gasteiger partial charge >= 0.3 is 0 Å². The molecule has 12 heteroatoms. The largest absolute Gasteiger partial charge is 0.305 e. The molecule has 4 radical (unpaired) electrons. The molecule has 0 aliphatic rings. The van der Waals surface area contributed by atoms with Gasteiger partial charge < -0.3 is 39.9 Å². The Morgan fingerprint density at radius 1 is 0.144 bits per heavy atom. The predicted octanol–water partition coefficient (Wildman–Crippen LogP) is 31.7. The number of hydrogen-bond donors (Lipinski definition) is 0. The van der Waals surface area contributed by atoms with Crippen molar-refractivity contribution in [3.05, 3.63) is 527 Å². The van der Waals surface area contributed by atoms with Crippen molar-refractivity contribution in [2.75, 3.05) is 0 Å². The molecule has 0 N–H and O–H groups in total. The molecule has 0 saturated carbocycles. The van der Waals surface area contributed by atoms with Crippen LogP contribution < -0.4 is 0 Å². The minimum absolute atomic E-state index is 0. The van der Waals surface area contributed by atoms with Crippen molar-refractivity contribution in [1.29, 1.82) is 0 Å². The molecule has 0 unspecified atom stereocenters. The zero-order valence-electron chi connectivity index (χ0n) is 80.9. The van der Waals surface area contributed by atoms with Gasteiger partial charge in [0.25, 0.3) is 0 Å². The minimum Gasteiger partial charge on any atom is -0.305 e. The van der Waals surface area contributed by atoms with E-state index in [9.17, 15) is 0 Å². The fourth-order valence-corrected chi connectivity index (χ4v) is 15.1. The van der Waals surface area contributed by atoms with Crippen LogP contribution in [0.2, 0.25) is 0 Å².